The van der Waals surface area contributed by atoms with Gasteiger partial charge in [-0.1, -0.05) is 0 Å². The Balaban J connectivity index is 1.93. The second kappa shape index (κ2) is 5.72. The Morgan fingerprint density at radius 3 is 2.83 bits per heavy atom. The monoisotopic (exact) mass is 332 g/mol. The lowest BCUT2D eigenvalue weighted by Gasteiger charge is -2.02. The molecule has 10 heteroatoms. The molecular formula is C13H12N6O3S. The standard InChI is InChI=1S/C13H12N6O3S/c1-9-5-10(6-12(16-9)23(2,20)21)13-14-7-19(18-13)4-3-11-17-15-8-22-11/h3-8H,1-2H3/b4-3-. The highest BCUT2D eigenvalue weighted by atomic mass is 32.2. The lowest BCUT2D eigenvalue weighted by atomic mass is 10.2. The molecule has 0 bridgehead atoms. The molecule has 0 unspecified atom stereocenters. The highest BCUT2D eigenvalue weighted by molar-refractivity contribution is 7.90. The van der Waals surface area contributed by atoms with Crippen molar-refractivity contribution in [1.29, 1.82) is 0 Å². The van der Waals surface area contributed by atoms with Crippen LogP contribution in [0.5, 0.6) is 0 Å². The van der Waals surface area contributed by atoms with Crippen LogP contribution >= 0.6 is 0 Å². The van der Waals surface area contributed by atoms with Gasteiger partial charge < -0.3 is 4.42 Å². The molecule has 0 N–H and O–H groups in total. The lowest BCUT2D eigenvalue weighted by molar-refractivity contribution is 0.542. The van der Waals surface area contributed by atoms with Crippen LogP contribution in [0.1, 0.15) is 11.6 Å². The molecule has 0 fully saturated rings. The van der Waals surface area contributed by atoms with E-state index >= 15 is 0 Å². The fourth-order valence-corrected chi connectivity index (χ4v) is 2.48. The predicted molar refractivity (Wildman–Crippen MR) is 80.6 cm³/mol. The van der Waals surface area contributed by atoms with E-state index in [4.69, 9.17) is 4.42 Å². The first kappa shape index (κ1) is 15.0. The summed E-state index contributed by atoms with van der Waals surface area (Å²) in [5.74, 6) is 0.719. The number of hydrogen-bond donors (Lipinski definition) is 0. The van der Waals surface area contributed by atoms with Crippen molar-refractivity contribution in [3.8, 4) is 11.4 Å². The molecule has 0 aromatic carbocycles. The third-order valence-corrected chi connectivity index (χ3v) is 3.79. The van der Waals surface area contributed by atoms with Gasteiger partial charge in [0.1, 0.15) is 6.33 Å². The molecule has 0 saturated carbocycles. The van der Waals surface area contributed by atoms with Crippen molar-refractivity contribution >= 4 is 22.1 Å². The van der Waals surface area contributed by atoms with Gasteiger partial charge in [0, 0.05) is 29.8 Å². The van der Waals surface area contributed by atoms with Crippen LogP contribution in [0, 0.1) is 6.92 Å². The van der Waals surface area contributed by atoms with Crippen LogP contribution < -0.4 is 0 Å². The quantitative estimate of drug-likeness (QED) is 0.696. The van der Waals surface area contributed by atoms with Crippen LogP contribution in [-0.4, -0.2) is 44.6 Å². The molecular weight excluding hydrogens is 320 g/mol. The van der Waals surface area contributed by atoms with Crippen molar-refractivity contribution < 1.29 is 12.8 Å². The molecule has 0 amide bonds. The number of aryl methyl sites for hydroxylation is 1. The maximum absolute atomic E-state index is 11.7. The van der Waals surface area contributed by atoms with Crippen LogP contribution in [0.15, 0.2) is 34.3 Å². The van der Waals surface area contributed by atoms with Crippen LogP contribution in [0.4, 0.5) is 0 Å². The van der Waals surface area contributed by atoms with Gasteiger partial charge in [-0.3, -0.25) is 0 Å². The van der Waals surface area contributed by atoms with Gasteiger partial charge in [0.2, 0.25) is 12.3 Å². The van der Waals surface area contributed by atoms with Crippen molar-refractivity contribution in [1.82, 2.24) is 29.9 Å². The maximum Gasteiger partial charge on any atom is 0.241 e. The number of nitrogens with zero attached hydrogens (tertiary/aromatic N) is 6. The highest BCUT2D eigenvalue weighted by Crippen LogP contribution is 2.19. The Bertz CT molecular complexity index is 960. The first-order valence-corrected chi connectivity index (χ1v) is 8.35. The van der Waals surface area contributed by atoms with Crippen molar-refractivity contribution in [3.05, 3.63) is 36.4 Å². The molecule has 0 saturated heterocycles. The van der Waals surface area contributed by atoms with E-state index in [2.05, 4.69) is 25.3 Å². The number of rotatable bonds is 4. The Kier molecular flexibility index (Phi) is 3.74. The second-order valence-corrected chi connectivity index (χ2v) is 6.71. The Labute approximate surface area is 131 Å². The molecule has 0 radical (unpaired) electrons. The Morgan fingerprint density at radius 1 is 1.30 bits per heavy atom. The summed E-state index contributed by atoms with van der Waals surface area (Å²) < 4.78 is 29.8. The Morgan fingerprint density at radius 2 is 2.13 bits per heavy atom. The first-order chi connectivity index (χ1) is 10.9. The predicted octanol–water partition coefficient (Wildman–Crippen LogP) is 1.06. The van der Waals surface area contributed by atoms with E-state index in [-0.39, 0.29) is 5.03 Å². The summed E-state index contributed by atoms with van der Waals surface area (Å²) in [7, 11) is -3.40. The topological polar surface area (TPSA) is 117 Å². The molecule has 0 spiro atoms. The third-order valence-electron chi connectivity index (χ3n) is 2.82. The van der Waals surface area contributed by atoms with Crippen molar-refractivity contribution in [3.63, 3.8) is 0 Å². The zero-order valence-electron chi connectivity index (χ0n) is 12.3. The normalized spacial score (nSPS) is 12.1. The minimum atomic E-state index is -3.40. The van der Waals surface area contributed by atoms with E-state index in [1.54, 1.807) is 25.3 Å². The van der Waals surface area contributed by atoms with Crippen LogP contribution in [0.2, 0.25) is 0 Å². The van der Waals surface area contributed by atoms with Crippen LogP contribution in [0.3, 0.4) is 0 Å². The minimum absolute atomic E-state index is 0.00903. The van der Waals surface area contributed by atoms with Crippen LogP contribution in [-0.2, 0) is 9.84 Å². The van der Waals surface area contributed by atoms with Gasteiger partial charge in [-0.15, -0.1) is 15.3 Å². The van der Waals surface area contributed by atoms with E-state index in [9.17, 15) is 8.42 Å². The molecule has 3 rings (SSSR count). The van der Waals surface area contributed by atoms with Crippen molar-refractivity contribution in [2.24, 2.45) is 0 Å². The summed E-state index contributed by atoms with van der Waals surface area (Å²) in [4.78, 5) is 8.18. The van der Waals surface area contributed by atoms with Gasteiger partial charge >= 0.3 is 0 Å². The molecule has 3 aromatic rings. The first-order valence-electron chi connectivity index (χ1n) is 6.46. The summed E-state index contributed by atoms with van der Waals surface area (Å²) >= 11 is 0. The number of sulfone groups is 1. The average molecular weight is 332 g/mol. The zero-order chi connectivity index (χ0) is 16.4. The second-order valence-electron chi connectivity index (χ2n) is 4.75. The molecule has 23 heavy (non-hydrogen) atoms. The van der Waals surface area contributed by atoms with Gasteiger partial charge in [-0.2, -0.15) is 0 Å². The van der Waals surface area contributed by atoms with Gasteiger partial charge in [-0.05, 0) is 19.1 Å². The van der Waals surface area contributed by atoms with Crippen LogP contribution in [0.25, 0.3) is 23.7 Å². The van der Waals surface area contributed by atoms with Gasteiger partial charge in [0.05, 0.1) is 0 Å². The van der Waals surface area contributed by atoms with E-state index in [1.807, 2.05) is 0 Å². The van der Waals surface area contributed by atoms with E-state index < -0.39 is 9.84 Å². The molecule has 0 aliphatic carbocycles. The molecule has 0 atom stereocenters. The molecule has 9 nitrogen and oxygen atoms in total. The fourth-order valence-electron chi connectivity index (χ4n) is 1.83. The number of pyridine rings is 1. The third kappa shape index (κ3) is 3.48. The van der Waals surface area contributed by atoms with Gasteiger partial charge in [0.15, 0.2) is 20.7 Å². The SMILES string of the molecule is Cc1cc(-c2ncn(/C=C\c3nnco3)n2)cc(S(C)(=O)=O)n1. The lowest BCUT2D eigenvalue weighted by Crippen LogP contribution is -2.02. The van der Waals surface area contributed by atoms with E-state index in [0.717, 1.165) is 6.26 Å². The number of aromatic nitrogens is 6. The maximum atomic E-state index is 11.7. The molecule has 0 aliphatic rings. The summed E-state index contributed by atoms with van der Waals surface area (Å²) in [6.07, 6.45) is 6.98. The van der Waals surface area contributed by atoms with Crippen molar-refractivity contribution in [2.45, 2.75) is 11.9 Å². The summed E-state index contributed by atoms with van der Waals surface area (Å²) in [6.45, 7) is 1.71. The summed E-state index contributed by atoms with van der Waals surface area (Å²) in [6, 6.07) is 3.17. The Hall–Kier alpha value is -2.88. The largest absolute Gasteiger partial charge is 0.424 e. The average Bonchev–Trinajstić information content (AvgIpc) is 3.15. The zero-order valence-corrected chi connectivity index (χ0v) is 13.1. The van der Waals surface area contributed by atoms with E-state index in [1.165, 1.54) is 23.5 Å². The fraction of sp³-hybridized carbons (Fsp3) is 0.154. The smallest absolute Gasteiger partial charge is 0.241 e. The molecule has 3 heterocycles. The highest BCUT2D eigenvalue weighted by Gasteiger charge is 2.13. The van der Waals surface area contributed by atoms with Gasteiger partial charge in [-0.25, -0.2) is 23.1 Å². The van der Waals surface area contributed by atoms with Crippen molar-refractivity contribution in [2.75, 3.05) is 6.26 Å². The summed E-state index contributed by atoms with van der Waals surface area (Å²) in [5.41, 5.74) is 1.14. The molecule has 118 valence electrons. The molecule has 3 aromatic heterocycles. The molecule has 0 aliphatic heterocycles. The minimum Gasteiger partial charge on any atom is -0.424 e. The summed E-state index contributed by atoms with van der Waals surface area (Å²) in [5, 5.41) is 11.5. The van der Waals surface area contributed by atoms with E-state index in [0.29, 0.717) is 23.0 Å². The van der Waals surface area contributed by atoms with Gasteiger partial charge in [0.25, 0.3) is 0 Å². The number of hydrogen-bond acceptors (Lipinski definition) is 8.